The number of amides is 2. The van der Waals surface area contributed by atoms with E-state index in [1.54, 1.807) is 24.4 Å². The van der Waals surface area contributed by atoms with E-state index in [9.17, 15) is 9.59 Å². The van der Waals surface area contributed by atoms with Crippen LogP contribution in [0.25, 0.3) is 17.0 Å². The van der Waals surface area contributed by atoms with Crippen molar-refractivity contribution in [1.29, 1.82) is 0 Å². The van der Waals surface area contributed by atoms with Crippen molar-refractivity contribution in [2.24, 2.45) is 10.7 Å². The van der Waals surface area contributed by atoms with Crippen LogP contribution >= 0.6 is 11.8 Å². The molecule has 7 heteroatoms. The van der Waals surface area contributed by atoms with Gasteiger partial charge in [0.05, 0.1) is 10.4 Å². The number of benzene rings is 2. The molecule has 0 bridgehead atoms. The second-order valence-electron chi connectivity index (χ2n) is 6.17. The van der Waals surface area contributed by atoms with Gasteiger partial charge < -0.3 is 11.1 Å². The molecule has 3 N–H and O–H groups in total. The van der Waals surface area contributed by atoms with Crippen LogP contribution in [0.4, 0.5) is 0 Å². The molecule has 2 amide bonds. The Kier molecular flexibility index (Phi) is 4.90. The molecule has 0 aliphatic carbocycles. The molecule has 1 aliphatic rings. The van der Waals surface area contributed by atoms with Crippen LogP contribution in [0.5, 0.6) is 0 Å². The average Bonchev–Trinajstić information content (AvgIpc) is 3.05. The number of rotatable bonds is 4. The maximum atomic E-state index is 12.3. The summed E-state index contributed by atoms with van der Waals surface area (Å²) in [6.07, 6.45) is 3.53. The van der Waals surface area contributed by atoms with Crippen molar-refractivity contribution in [1.82, 2.24) is 10.3 Å². The number of fused-ring (bicyclic) bond motifs is 1. The minimum atomic E-state index is -0.852. The zero-order valence-corrected chi connectivity index (χ0v) is 15.5. The number of hydrogen-bond acceptors (Lipinski definition) is 5. The maximum absolute atomic E-state index is 12.3. The number of nitrogens with two attached hydrogens (primary N) is 1. The van der Waals surface area contributed by atoms with Gasteiger partial charge in [-0.25, -0.2) is 4.99 Å². The van der Waals surface area contributed by atoms with Gasteiger partial charge in [-0.2, -0.15) is 0 Å². The summed E-state index contributed by atoms with van der Waals surface area (Å²) in [6.45, 7) is 0. The lowest BCUT2D eigenvalue weighted by Crippen LogP contribution is -2.25. The number of aromatic nitrogens is 1. The van der Waals surface area contributed by atoms with E-state index in [2.05, 4.69) is 15.3 Å². The van der Waals surface area contributed by atoms with Crippen LogP contribution < -0.4 is 11.1 Å². The van der Waals surface area contributed by atoms with Crippen molar-refractivity contribution in [3.05, 3.63) is 82.9 Å². The zero-order chi connectivity index (χ0) is 19.5. The molecule has 2 aromatic carbocycles. The number of amidine groups is 1. The van der Waals surface area contributed by atoms with E-state index >= 15 is 0 Å². The first-order valence-corrected chi connectivity index (χ1v) is 9.39. The van der Waals surface area contributed by atoms with Gasteiger partial charge in [0, 0.05) is 11.6 Å². The monoisotopic (exact) mass is 388 g/mol. The molecule has 1 aliphatic heterocycles. The Morgan fingerprint density at radius 2 is 1.96 bits per heavy atom. The Bertz CT molecular complexity index is 1130. The first-order chi connectivity index (χ1) is 13.6. The maximum Gasteiger partial charge on any atom is 0.264 e. The molecule has 2 heterocycles. The predicted molar refractivity (Wildman–Crippen MR) is 111 cm³/mol. The number of nitrogens with zero attached hydrogens (tertiary/aromatic N) is 2. The van der Waals surface area contributed by atoms with Gasteiger partial charge in [-0.15, -0.1) is 0 Å². The zero-order valence-electron chi connectivity index (χ0n) is 14.7. The molecular formula is C21H16N4O2S. The number of carbonyl (C=O) groups is 2. The van der Waals surface area contributed by atoms with E-state index in [4.69, 9.17) is 5.73 Å². The van der Waals surface area contributed by atoms with Gasteiger partial charge >= 0.3 is 0 Å². The highest BCUT2D eigenvalue weighted by atomic mass is 32.2. The molecule has 1 saturated heterocycles. The lowest BCUT2D eigenvalue weighted by Gasteiger charge is -2.09. The van der Waals surface area contributed by atoms with Crippen molar-refractivity contribution in [3.63, 3.8) is 0 Å². The van der Waals surface area contributed by atoms with Crippen LogP contribution in [0.3, 0.4) is 0 Å². The molecule has 138 valence electrons. The van der Waals surface area contributed by atoms with Crippen molar-refractivity contribution < 1.29 is 9.59 Å². The number of nitrogens with one attached hydrogen (secondary N) is 1. The summed E-state index contributed by atoms with van der Waals surface area (Å²) in [5, 5.41) is 4.05. The van der Waals surface area contributed by atoms with Gasteiger partial charge in [0.2, 0.25) is 5.91 Å². The Labute approximate surface area is 165 Å². The Balaban J connectivity index is 1.61. The number of pyridine rings is 1. The van der Waals surface area contributed by atoms with Crippen LogP contribution in [0.15, 0.2) is 76.8 Å². The largest absolute Gasteiger partial charge is 0.368 e. The third kappa shape index (κ3) is 3.79. The Hall–Kier alpha value is -3.45. The van der Waals surface area contributed by atoms with Crippen LogP contribution in [0.2, 0.25) is 0 Å². The van der Waals surface area contributed by atoms with E-state index < -0.39 is 11.9 Å². The molecule has 4 rings (SSSR count). The summed E-state index contributed by atoms with van der Waals surface area (Å²) in [5.41, 5.74) is 7.96. The van der Waals surface area contributed by atoms with Gasteiger partial charge in [-0.3, -0.25) is 14.6 Å². The molecule has 3 aromatic rings. The van der Waals surface area contributed by atoms with Crippen molar-refractivity contribution in [2.75, 3.05) is 0 Å². The average molecular weight is 388 g/mol. The van der Waals surface area contributed by atoms with Crippen molar-refractivity contribution >= 4 is 45.7 Å². The minimum absolute atomic E-state index is 0.258. The number of aliphatic imine (C=N–C) groups is 1. The molecule has 0 unspecified atom stereocenters. The van der Waals surface area contributed by atoms with Gasteiger partial charge in [-0.1, -0.05) is 42.5 Å². The standard InChI is InChI=1S/C21H16N4O2S/c22-19(26)18(14-5-2-1-3-6-14)24-21-25-20(27)17(28-21)12-13-8-9-16-15(11-13)7-4-10-23-16/h1-12,18H,(H2,22,26)(H,24,25,27)/t18-/m1/s1. The van der Waals surface area contributed by atoms with Crippen molar-refractivity contribution in [2.45, 2.75) is 6.04 Å². The highest BCUT2D eigenvalue weighted by Crippen LogP contribution is 2.29. The summed E-state index contributed by atoms with van der Waals surface area (Å²) in [4.78, 5) is 33.3. The molecule has 6 nitrogen and oxygen atoms in total. The number of hydrogen-bond donors (Lipinski definition) is 2. The second kappa shape index (κ2) is 7.66. The van der Waals surface area contributed by atoms with Crippen LogP contribution in [0, 0.1) is 0 Å². The highest BCUT2D eigenvalue weighted by molar-refractivity contribution is 8.18. The lowest BCUT2D eigenvalue weighted by molar-refractivity contribution is -0.119. The lowest BCUT2D eigenvalue weighted by atomic mass is 10.1. The molecule has 1 atom stereocenters. The van der Waals surface area contributed by atoms with E-state index in [0.717, 1.165) is 16.5 Å². The van der Waals surface area contributed by atoms with E-state index in [1.807, 2.05) is 48.5 Å². The minimum Gasteiger partial charge on any atom is -0.368 e. The third-order valence-electron chi connectivity index (χ3n) is 4.21. The molecular weight excluding hydrogens is 372 g/mol. The quantitative estimate of drug-likeness (QED) is 0.671. The van der Waals surface area contributed by atoms with Gasteiger partial charge in [0.15, 0.2) is 11.2 Å². The fraction of sp³-hybridized carbons (Fsp3) is 0.0476. The van der Waals surface area contributed by atoms with Gasteiger partial charge in [0.1, 0.15) is 0 Å². The topological polar surface area (TPSA) is 97.4 Å². The van der Waals surface area contributed by atoms with E-state index in [1.165, 1.54) is 11.8 Å². The highest BCUT2D eigenvalue weighted by Gasteiger charge is 2.26. The SMILES string of the molecule is NC(=O)[C@H](N=C1NC(=O)C(=Cc2ccc3ncccc3c2)S1)c1ccccc1. The number of thioether (sulfide) groups is 1. The molecule has 0 spiro atoms. The van der Waals surface area contributed by atoms with Gasteiger partial charge in [0.25, 0.3) is 5.91 Å². The molecule has 1 aromatic heterocycles. The number of carbonyl (C=O) groups excluding carboxylic acids is 2. The van der Waals surface area contributed by atoms with Gasteiger partial charge in [-0.05, 0) is 47.2 Å². The summed E-state index contributed by atoms with van der Waals surface area (Å²) >= 11 is 1.19. The fourth-order valence-corrected chi connectivity index (χ4v) is 3.73. The normalized spacial score (nSPS) is 17.8. The first-order valence-electron chi connectivity index (χ1n) is 8.58. The van der Waals surface area contributed by atoms with Crippen LogP contribution in [-0.2, 0) is 9.59 Å². The summed E-state index contributed by atoms with van der Waals surface area (Å²) in [5.74, 6) is -0.834. The Morgan fingerprint density at radius 3 is 2.75 bits per heavy atom. The summed E-state index contributed by atoms with van der Waals surface area (Å²) in [7, 11) is 0. The first kappa shape index (κ1) is 17.9. The number of primary amides is 1. The fourth-order valence-electron chi connectivity index (χ4n) is 2.88. The predicted octanol–water partition coefficient (Wildman–Crippen LogP) is 3.02. The van der Waals surface area contributed by atoms with Crippen LogP contribution in [0.1, 0.15) is 17.2 Å². The van der Waals surface area contributed by atoms with Crippen LogP contribution in [-0.4, -0.2) is 22.0 Å². The molecule has 0 saturated carbocycles. The smallest absolute Gasteiger partial charge is 0.264 e. The third-order valence-corrected chi connectivity index (χ3v) is 5.13. The molecule has 28 heavy (non-hydrogen) atoms. The summed E-state index contributed by atoms with van der Waals surface area (Å²) in [6, 6.07) is 17.8. The second-order valence-corrected chi connectivity index (χ2v) is 7.20. The Morgan fingerprint density at radius 1 is 1.14 bits per heavy atom. The molecule has 0 radical (unpaired) electrons. The summed E-state index contributed by atoms with van der Waals surface area (Å²) < 4.78 is 0. The van der Waals surface area contributed by atoms with E-state index in [-0.39, 0.29) is 5.91 Å². The van der Waals surface area contributed by atoms with Crippen molar-refractivity contribution in [3.8, 4) is 0 Å². The van der Waals surface area contributed by atoms with E-state index in [0.29, 0.717) is 15.6 Å². The molecule has 1 fully saturated rings.